The van der Waals surface area contributed by atoms with Crippen molar-refractivity contribution in [1.82, 2.24) is 10.6 Å². The Morgan fingerprint density at radius 3 is 2.74 bits per heavy atom. The Morgan fingerprint density at radius 1 is 1.35 bits per heavy atom. The molecule has 126 valence electrons. The van der Waals surface area contributed by atoms with Crippen LogP contribution in [0.1, 0.15) is 24.8 Å². The van der Waals surface area contributed by atoms with Gasteiger partial charge in [0.2, 0.25) is 5.90 Å². The topological polar surface area (TPSA) is 72.0 Å². The van der Waals surface area contributed by atoms with Gasteiger partial charge in [0.05, 0.1) is 6.42 Å². The molecule has 0 unspecified atom stereocenters. The fourth-order valence-electron chi connectivity index (χ4n) is 2.61. The van der Waals surface area contributed by atoms with Gasteiger partial charge < -0.3 is 20.2 Å². The fraction of sp³-hybridized carbons (Fsp3) is 0.467. The number of alkyl carbamates (subject to hydrolysis) is 1. The normalized spacial score (nSPS) is 18.6. The van der Waals surface area contributed by atoms with Crippen molar-refractivity contribution < 1.29 is 14.4 Å². The highest BCUT2D eigenvalue weighted by atomic mass is 35.5. The van der Waals surface area contributed by atoms with E-state index in [0.29, 0.717) is 23.9 Å². The van der Waals surface area contributed by atoms with Crippen LogP contribution in [0.5, 0.6) is 0 Å². The minimum atomic E-state index is -0.525. The maximum absolute atomic E-state index is 11.8. The second kappa shape index (κ2) is 7.86. The first kappa shape index (κ1) is 17.8. The van der Waals surface area contributed by atoms with Crippen LogP contribution in [-0.4, -0.2) is 30.7 Å². The van der Waals surface area contributed by atoms with Crippen LogP contribution < -0.4 is 10.6 Å². The number of rotatable bonds is 2. The lowest BCUT2D eigenvalue weighted by Gasteiger charge is -2.30. The summed E-state index contributed by atoms with van der Waals surface area (Å²) in [7, 11) is 0. The van der Waals surface area contributed by atoms with Crippen LogP contribution >= 0.6 is 24.0 Å². The number of carbonyl (C=O) groups excluding carboxylic acids is 1. The first-order valence-electron chi connectivity index (χ1n) is 7.31. The number of hydrogen-bond donors (Lipinski definition) is 2. The predicted octanol–water partition coefficient (Wildman–Crippen LogP) is 2.84. The Kier molecular flexibility index (Phi) is 6.10. The molecule has 6 nitrogen and oxygen atoms in total. The van der Waals surface area contributed by atoms with E-state index in [1.165, 1.54) is 0 Å². The molecule has 8 heteroatoms. The van der Waals surface area contributed by atoms with E-state index in [1.807, 2.05) is 12.1 Å². The quantitative estimate of drug-likeness (QED) is 0.851. The van der Waals surface area contributed by atoms with Gasteiger partial charge in [-0.2, -0.15) is 0 Å². The summed E-state index contributed by atoms with van der Waals surface area (Å²) in [4.78, 5) is 17.3. The van der Waals surface area contributed by atoms with E-state index < -0.39 is 6.09 Å². The molecule has 1 saturated heterocycles. The van der Waals surface area contributed by atoms with Crippen molar-refractivity contribution in [3.8, 4) is 0 Å². The zero-order valence-electron chi connectivity index (χ0n) is 12.5. The van der Waals surface area contributed by atoms with Crippen LogP contribution in [0.3, 0.4) is 0 Å². The average molecular weight is 360 g/mol. The molecule has 3 rings (SSSR count). The Labute approximate surface area is 145 Å². The number of oxime groups is 1. The average Bonchev–Trinajstić information content (AvgIpc) is 2.89. The molecule has 1 aromatic rings. The highest BCUT2D eigenvalue weighted by Crippen LogP contribution is 2.32. The fourth-order valence-corrected chi connectivity index (χ4v) is 2.74. The van der Waals surface area contributed by atoms with E-state index in [0.717, 1.165) is 31.5 Å². The number of benzene rings is 1. The highest BCUT2D eigenvalue weighted by Gasteiger charge is 2.41. The first-order valence-corrected chi connectivity index (χ1v) is 7.69. The molecule has 1 spiro atoms. The van der Waals surface area contributed by atoms with Crippen LogP contribution in [0.2, 0.25) is 5.02 Å². The van der Waals surface area contributed by atoms with Crippen LogP contribution in [0.15, 0.2) is 29.4 Å². The third-order valence-corrected chi connectivity index (χ3v) is 4.14. The lowest BCUT2D eigenvalue weighted by Crippen LogP contribution is -2.42. The monoisotopic (exact) mass is 359 g/mol. The van der Waals surface area contributed by atoms with Gasteiger partial charge in [-0.25, -0.2) is 4.79 Å². The van der Waals surface area contributed by atoms with Crippen molar-refractivity contribution in [3.05, 3.63) is 34.9 Å². The molecule has 2 aliphatic rings. The predicted molar refractivity (Wildman–Crippen MR) is 90.0 cm³/mol. The van der Waals surface area contributed by atoms with Crippen molar-refractivity contribution in [3.63, 3.8) is 0 Å². The van der Waals surface area contributed by atoms with Crippen LogP contribution in [0, 0.1) is 0 Å². The molecular formula is C15H19Cl2N3O3. The van der Waals surface area contributed by atoms with Crippen LogP contribution in [0.25, 0.3) is 0 Å². The van der Waals surface area contributed by atoms with Crippen molar-refractivity contribution >= 4 is 36.0 Å². The summed E-state index contributed by atoms with van der Waals surface area (Å²) in [6.07, 6.45) is 1.76. The number of halogens is 2. The van der Waals surface area contributed by atoms with Crippen molar-refractivity contribution in [2.24, 2.45) is 5.16 Å². The number of nitrogens with zero attached hydrogens (tertiary/aromatic N) is 1. The standard InChI is InChI=1S/C15H18ClN3O3.ClH/c16-12-3-1-11(2-4-12)10-18-14(20)21-13-9-15(22-19-13)5-7-17-8-6-15;/h1-4,17H,5-10H2,(H,18,20);1H. The Balaban J connectivity index is 0.00000192. The van der Waals surface area contributed by atoms with Crippen LogP contribution in [0.4, 0.5) is 4.79 Å². The number of amides is 1. The summed E-state index contributed by atoms with van der Waals surface area (Å²) >= 11 is 5.81. The first-order chi connectivity index (χ1) is 10.7. The van der Waals surface area contributed by atoms with Gasteiger partial charge >= 0.3 is 6.09 Å². The summed E-state index contributed by atoms with van der Waals surface area (Å²) in [6, 6.07) is 7.25. The Hall–Kier alpha value is -1.50. The number of ether oxygens (including phenoxy) is 1. The molecule has 0 bridgehead atoms. The zero-order chi connectivity index (χ0) is 15.4. The molecule has 0 radical (unpaired) electrons. The molecule has 1 fully saturated rings. The zero-order valence-corrected chi connectivity index (χ0v) is 14.1. The maximum Gasteiger partial charge on any atom is 0.414 e. The third kappa shape index (κ3) is 4.73. The summed E-state index contributed by atoms with van der Waals surface area (Å²) < 4.78 is 5.21. The maximum atomic E-state index is 11.8. The largest absolute Gasteiger partial charge is 0.414 e. The highest BCUT2D eigenvalue weighted by molar-refractivity contribution is 6.30. The van der Waals surface area contributed by atoms with Crippen LogP contribution in [-0.2, 0) is 16.1 Å². The lowest BCUT2D eigenvalue weighted by molar-refractivity contribution is -0.0400. The molecule has 2 heterocycles. The number of hydrogen-bond acceptors (Lipinski definition) is 5. The van der Waals surface area contributed by atoms with Gasteiger partial charge in [0.25, 0.3) is 0 Å². The number of carbonyl (C=O) groups is 1. The summed E-state index contributed by atoms with van der Waals surface area (Å²) in [5.74, 6) is 0.343. The molecule has 2 aliphatic heterocycles. The minimum Gasteiger partial charge on any atom is -0.392 e. The van der Waals surface area contributed by atoms with Gasteiger partial charge in [-0.15, -0.1) is 12.4 Å². The molecule has 1 amide bonds. The summed E-state index contributed by atoms with van der Waals surface area (Å²) in [5, 5.41) is 10.5. The van der Waals surface area contributed by atoms with Gasteiger partial charge in [-0.05, 0) is 30.8 Å². The molecule has 0 saturated carbocycles. The van der Waals surface area contributed by atoms with Crippen molar-refractivity contribution in [1.29, 1.82) is 0 Å². The van der Waals surface area contributed by atoms with E-state index in [2.05, 4.69) is 15.8 Å². The van der Waals surface area contributed by atoms with Gasteiger partial charge in [0.1, 0.15) is 5.60 Å². The van der Waals surface area contributed by atoms with E-state index in [-0.39, 0.29) is 18.0 Å². The minimum absolute atomic E-state index is 0. The van der Waals surface area contributed by atoms with Gasteiger partial charge in [0.15, 0.2) is 0 Å². The Bertz CT molecular complexity index is 572. The molecule has 0 atom stereocenters. The van der Waals surface area contributed by atoms with E-state index in [9.17, 15) is 4.79 Å². The van der Waals surface area contributed by atoms with E-state index in [1.54, 1.807) is 12.1 Å². The third-order valence-electron chi connectivity index (χ3n) is 3.89. The SMILES string of the molecule is Cl.O=C(NCc1ccc(Cl)cc1)OC1=NOC2(CCNCC2)C1. The van der Waals surface area contributed by atoms with Crippen molar-refractivity contribution in [2.75, 3.05) is 13.1 Å². The van der Waals surface area contributed by atoms with Gasteiger partial charge in [-0.3, -0.25) is 0 Å². The van der Waals surface area contributed by atoms with Gasteiger partial charge in [-0.1, -0.05) is 28.9 Å². The Morgan fingerprint density at radius 2 is 2.04 bits per heavy atom. The molecule has 0 aromatic heterocycles. The summed E-state index contributed by atoms with van der Waals surface area (Å²) in [5.41, 5.74) is 0.651. The molecule has 1 aromatic carbocycles. The van der Waals surface area contributed by atoms with Gasteiger partial charge in [0, 0.05) is 24.4 Å². The smallest absolute Gasteiger partial charge is 0.392 e. The second-order valence-electron chi connectivity index (χ2n) is 5.56. The van der Waals surface area contributed by atoms with E-state index in [4.69, 9.17) is 21.2 Å². The number of nitrogens with one attached hydrogen (secondary N) is 2. The molecule has 23 heavy (non-hydrogen) atoms. The number of piperidine rings is 1. The molecule has 0 aliphatic carbocycles. The second-order valence-corrected chi connectivity index (χ2v) is 5.99. The van der Waals surface area contributed by atoms with E-state index >= 15 is 0 Å². The lowest BCUT2D eigenvalue weighted by atomic mass is 9.89. The summed E-state index contributed by atoms with van der Waals surface area (Å²) in [6.45, 7) is 2.16. The van der Waals surface area contributed by atoms with Crippen molar-refractivity contribution in [2.45, 2.75) is 31.4 Å². The molecule has 2 N–H and O–H groups in total. The molecular weight excluding hydrogens is 341 g/mol.